The van der Waals surface area contributed by atoms with Crippen LogP contribution < -0.4 is 15.5 Å². The van der Waals surface area contributed by atoms with Crippen molar-refractivity contribution in [3.63, 3.8) is 0 Å². The summed E-state index contributed by atoms with van der Waals surface area (Å²) in [4.78, 5) is 14.6. The number of piperidine rings is 1. The number of fused-ring (bicyclic) bond motifs is 2. The van der Waals surface area contributed by atoms with E-state index < -0.39 is 11.6 Å². The lowest BCUT2D eigenvalue weighted by Gasteiger charge is -2.31. The number of aromatic hydroxyl groups is 1. The zero-order valence-electron chi connectivity index (χ0n) is 21.5. The van der Waals surface area contributed by atoms with Crippen molar-refractivity contribution in [2.45, 2.75) is 18.9 Å². The molecule has 3 aromatic carbocycles. The Hall–Kier alpha value is -4.08. The molecule has 1 saturated heterocycles. The molecule has 4 aromatic rings. The third-order valence-electron chi connectivity index (χ3n) is 7.16. The molecule has 0 radical (unpaired) electrons. The minimum absolute atomic E-state index is 0.0571. The highest BCUT2D eigenvalue weighted by molar-refractivity contribution is 6.01. The van der Waals surface area contributed by atoms with Crippen LogP contribution in [0.15, 0.2) is 76.5 Å². The van der Waals surface area contributed by atoms with Gasteiger partial charge in [0, 0.05) is 49.3 Å². The molecule has 0 amide bonds. The summed E-state index contributed by atoms with van der Waals surface area (Å²) in [5.74, 6) is -0.719. The number of benzene rings is 3. The molecule has 0 aliphatic carbocycles. The maximum Gasteiger partial charge on any atom is 0.197 e. The SMILES string of the molecule is COCCN1CCC(Oc2ccc3[nH]c(O)c(C(=C4N=c5ccccc5=N4)c4cc(F)cc(F)c4)c3c2)CC1. The topological polar surface area (TPSA) is 82.4 Å². The average molecular weight is 531 g/mol. The number of para-hydroxylation sites is 2. The number of rotatable bonds is 7. The molecule has 9 heteroatoms. The number of nitrogens with zero attached hydrogens (tertiary/aromatic N) is 3. The van der Waals surface area contributed by atoms with Crippen LogP contribution in [0.2, 0.25) is 0 Å². The number of hydrogen-bond acceptors (Lipinski definition) is 6. The van der Waals surface area contributed by atoms with Gasteiger partial charge in [-0.05, 0) is 60.9 Å². The molecule has 2 aliphatic heterocycles. The Morgan fingerprint density at radius 2 is 1.69 bits per heavy atom. The summed E-state index contributed by atoms with van der Waals surface area (Å²) in [7, 11) is 1.71. The van der Waals surface area contributed by atoms with Crippen molar-refractivity contribution in [3.05, 3.63) is 100.0 Å². The van der Waals surface area contributed by atoms with Gasteiger partial charge in [-0.1, -0.05) is 12.1 Å². The van der Waals surface area contributed by atoms with Crippen molar-refractivity contribution >= 4 is 16.5 Å². The van der Waals surface area contributed by atoms with Crippen molar-refractivity contribution in [3.8, 4) is 11.6 Å². The number of H-pyrrole nitrogens is 1. The molecular formula is C30H28F2N4O3. The van der Waals surface area contributed by atoms with Crippen molar-refractivity contribution in [1.29, 1.82) is 0 Å². The second-order valence-electron chi connectivity index (χ2n) is 9.78. The summed E-state index contributed by atoms with van der Waals surface area (Å²) in [5.41, 5.74) is 1.53. The lowest BCUT2D eigenvalue weighted by Crippen LogP contribution is -2.39. The Kier molecular flexibility index (Phi) is 6.85. The molecule has 0 spiro atoms. The van der Waals surface area contributed by atoms with Gasteiger partial charge < -0.3 is 24.5 Å². The number of likely N-dealkylation sites (tertiary alicyclic amines) is 1. The summed E-state index contributed by atoms with van der Waals surface area (Å²) in [6.45, 7) is 3.47. The van der Waals surface area contributed by atoms with Crippen molar-refractivity contribution in [1.82, 2.24) is 9.88 Å². The highest BCUT2D eigenvalue weighted by atomic mass is 19.1. The minimum Gasteiger partial charge on any atom is -0.494 e. The van der Waals surface area contributed by atoms with Gasteiger partial charge >= 0.3 is 0 Å². The molecule has 2 aliphatic rings. The molecule has 0 unspecified atom stereocenters. The van der Waals surface area contributed by atoms with Crippen LogP contribution in [0, 0.1) is 11.6 Å². The Bertz CT molecular complexity index is 1630. The van der Waals surface area contributed by atoms with Crippen molar-refractivity contribution < 1.29 is 23.4 Å². The number of halogens is 2. The number of ether oxygens (including phenoxy) is 2. The van der Waals surface area contributed by atoms with Crippen LogP contribution >= 0.6 is 0 Å². The molecule has 0 atom stereocenters. The van der Waals surface area contributed by atoms with Gasteiger partial charge in [0.2, 0.25) is 0 Å². The van der Waals surface area contributed by atoms with E-state index in [1.54, 1.807) is 7.11 Å². The Morgan fingerprint density at radius 1 is 1.00 bits per heavy atom. The van der Waals surface area contributed by atoms with Crippen molar-refractivity contribution in [2.75, 3.05) is 33.4 Å². The van der Waals surface area contributed by atoms with E-state index in [0.29, 0.717) is 45.1 Å². The van der Waals surface area contributed by atoms with Crippen LogP contribution in [-0.4, -0.2) is 54.4 Å². The monoisotopic (exact) mass is 530 g/mol. The van der Waals surface area contributed by atoms with E-state index in [-0.39, 0.29) is 23.4 Å². The third-order valence-corrected chi connectivity index (χ3v) is 7.16. The smallest absolute Gasteiger partial charge is 0.197 e. The Balaban J connectivity index is 1.42. The fourth-order valence-corrected chi connectivity index (χ4v) is 5.25. The summed E-state index contributed by atoms with van der Waals surface area (Å²) in [6.07, 6.45) is 1.84. The standard InChI is InChI=1S/C30H28F2N4O3/c1-38-13-12-36-10-8-21(9-11-36)39-22-6-7-24-23(17-22)28(30(37)35-24)27(18-14-19(31)16-20(32)15-18)29-33-25-4-2-3-5-26(25)34-29/h2-7,14-17,21,35,37H,8-13H2,1H3. The van der Waals surface area contributed by atoms with Crippen LogP contribution in [0.4, 0.5) is 8.78 Å². The average Bonchev–Trinajstić information content (AvgIpc) is 3.49. The van der Waals surface area contributed by atoms with Gasteiger partial charge in [-0.25, -0.2) is 18.8 Å². The van der Waals surface area contributed by atoms with E-state index in [9.17, 15) is 13.9 Å². The van der Waals surface area contributed by atoms with E-state index in [0.717, 1.165) is 38.5 Å². The van der Waals surface area contributed by atoms with Gasteiger partial charge in [-0.2, -0.15) is 0 Å². The first-order chi connectivity index (χ1) is 19.0. The second kappa shape index (κ2) is 10.6. The fourth-order valence-electron chi connectivity index (χ4n) is 5.25. The van der Waals surface area contributed by atoms with Gasteiger partial charge in [0.15, 0.2) is 11.7 Å². The predicted octanol–water partition coefficient (Wildman–Crippen LogP) is 4.31. The zero-order chi connectivity index (χ0) is 26.9. The maximum absolute atomic E-state index is 14.4. The summed E-state index contributed by atoms with van der Waals surface area (Å²) in [6, 6.07) is 16.1. The lowest BCUT2D eigenvalue weighted by atomic mass is 9.96. The Labute approximate surface area is 223 Å². The van der Waals surface area contributed by atoms with Gasteiger partial charge in [0.25, 0.3) is 0 Å². The summed E-state index contributed by atoms with van der Waals surface area (Å²) < 4.78 is 40.3. The molecule has 0 saturated carbocycles. The van der Waals surface area contributed by atoms with Crippen LogP contribution in [-0.2, 0) is 4.74 Å². The molecule has 1 aromatic heterocycles. The highest BCUT2D eigenvalue weighted by Crippen LogP contribution is 2.41. The zero-order valence-corrected chi connectivity index (χ0v) is 21.5. The first-order valence-corrected chi connectivity index (χ1v) is 12.9. The van der Waals surface area contributed by atoms with Gasteiger partial charge in [-0.3, -0.25) is 0 Å². The quantitative estimate of drug-likeness (QED) is 0.373. The second-order valence-corrected chi connectivity index (χ2v) is 9.78. The molecule has 200 valence electrons. The van der Waals surface area contributed by atoms with Crippen LogP contribution in [0.25, 0.3) is 16.5 Å². The maximum atomic E-state index is 14.4. The molecule has 3 heterocycles. The summed E-state index contributed by atoms with van der Waals surface area (Å²) >= 11 is 0. The molecule has 2 N–H and O–H groups in total. The third kappa shape index (κ3) is 5.15. The molecule has 0 bridgehead atoms. The predicted molar refractivity (Wildman–Crippen MR) is 143 cm³/mol. The van der Waals surface area contributed by atoms with Crippen molar-refractivity contribution in [2.24, 2.45) is 9.98 Å². The van der Waals surface area contributed by atoms with Crippen LogP contribution in [0.5, 0.6) is 11.6 Å². The largest absolute Gasteiger partial charge is 0.494 e. The van der Waals surface area contributed by atoms with Crippen LogP contribution in [0.3, 0.4) is 0 Å². The normalized spacial score (nSPS) is 15.7. The fraction of sp³-hybridized carbons (Fsp3) is 0.267. The van der Waals surface area contributed by atoms with Gasteiger partial charge in [0.05, 0.1) is 22.9 Å². The van der Waals surface area contributed by atoms with Crippen LogP contribution in [0.1, 0.15) is 24.0 Å². The Morgan fingerprint density at radius 3 is 2.36 bits per heavy atom. The van der Waals surface area contributed by atoms with Gasteiger partial charge in [0.1, 0.15) is 23.5 Å². The number of aromatic amines is 1. The molecular weight excluding hydrogens is 502 g/mol. The molecule has 1 fully saturated rings. The highest BCUT2D eigenvalue weighted by Gasteiger charge is 2.25. The van der Waals surface area contributed by atoms with E-state index in [1.807, 2.05) is 42.5 Å². The number of methoxy groups -OCH3 is 1. The molecule has 6 rings (SSSR count). The molecule has 7 nitrogen and oxygen atoms in total. The van der Waals surface area contributed by atoms with E-state index in [2.05, 4.69) is 19.9 Å². The number of nitrogens with one attached hydrogen (secondary N) is 1. The first-order valence-electron chi connectivity index (χ1n) is 12.9. The minimum atomic E-state index is -0.737. The number of aromatic nitrogens is 1. The summed E-state index contributed by atoms with van der Waals surface area (Å²) in [5, 5.41) is 13.0. The van der Waals surface area contributed by atoms with E-state index >= 15 is 0 Å². The van der Waals surface area contributed by atoms with Gasteiger partial charge in [-0.15, -0.1) is 0 Å². The van der Waals surface area contributed by atoms with E-state index in [4.69, 9.17) is 9.47 Å². The lowest BCUT2D eigenvalue weighted by molar-refractivity contribution is 0.0798. The first kappa shape index (κ1) is 25.2. The van der Waals surface area contributed by atoms with E-state index in [1.165, 1.54) is 12.1 Å². The number of hydrogen-bond donors (Lipinski definition) is 2. The molecule has 39 heavy (non-hydrogen) atoms.